The molecular weight excluding hydrogens is 176 g/mol. The Morgan fingerprint density at radius 2 is 1.92 bits per heavy atom. The van der Waals surface area contributed by atoms with Crippen LogP contribution < -0.4 is 0 Å². The molecule has 0 aromatic rings. The summed E-state index contributed by atoms with van der Waals surface area (Å²) < 4.78 is 10.1. The van der Waals surface area contributed by atoms with Crippen LogP contribution in [0.3, 0.4) is 0 Å². The third-order valence-electron chi connectivity index (χ3n) is 2.38. The first-order chi connectivity index (χ1) is 6.11. The standard InChI is InChI=1S/C8H16O5/c1-4-6(10)8(12-2)7(11)5(3-9)13-4/h4-11H,3H2,1-2H3/t4-,5?,6?,7-,8+/m0/s1. The van der Waals surface area contributed by atoms with Crippen molar-refractivity contribution in [2.75, 3.05) is 13.7 Å². The molecular formula is C8H16O5. The lowest BCUT2D eigenvalue weighted by Gasteiger charge is -2.40. The molecule has 1 rings (SSSR count). The van der Waals surface area contributed by atoms with E-state index in [9.17, 15) is 10.2 Å². The molecule has 5 nitrogen and oxygen atoms in total. The number of aliphatic hydroxyl groups excluding tert-OH is 3. The zero-order chi connectivity index (χ0) is 10.0. The normalized spacial score (nSPS) is 46.4. The second kappa shape index (κ2) is 4.34. The molecule has 5 atom stereocenters. The van der Waals surface area contributed by atoms with Gasteiger partial charge in [-0.25, -0.2) is 0 Å². The number of ether oxygens (including phenoxy) is 2. The van der Waals surface area contributed by atoms with Gasteiger partial charge in [-0.3, -0.25) is 0 Å². The lowest BCUT2D eigenvalue weighted by atomic mass is 9.96. The van der Waals surface area contributed by atoms with E-state index in [0.29, 0.717) is 0 Å². The Labute approximate surface area is 76.9 Å². The number of aliphatic hydroxyl groups is 3. The summed E-state index contributed by atoms with van der Waals surface area (Å²) in [4.78, 5) is 0. The van der Waals surface area contributed by atoms with Gasteiger partial charge in [-0.05, 0) is 6.92 Å². The quantitative estimate of drug-likeness (QED) is 0.496. The molecule has 2 unspecified atom stereocenters. The van der Waals surface area contributed by atoms with E-state index in [1.165, 1.54) is 7.11 Å². The molecule has 0 amide bonds. The van der Waals surface area contributed by atoms with Gasteiger partial charge in [0.25, 0.3) is 0 Å². The highest BCUT2D eigenvalue weighted by Crippen LogP contribution is 2.22. The average Bonchev–Trinajstić information content (AvgIpc) is 2.12. The van der Waals surface area contributed by atoms with E-state index in [0.717, 1.165) is 0 Å². The summed E-state index contributed by atoms with van der Waals surface area (Å²) in [5, 5.41) is 27.9. The molecule has 3 N–H and O–H groups in total. The minimum atomic E-state index is -0.985. The van der Waals surface area contributed by atoms with Crippen LogP contribution in [0.4, 0.5) is 0 Å². The molecule has 1 saturated heterocycles. The molecule has 1 heterocycles. The first-order valence-electron chi connectivity index (χ1n) is 4.27. The van der Waals surface area contributed by atoms with Gasteiger partial charge in [0.15, 0.2) is 0 Å². The zero-order valence-corrected chi connectivity index (χ0v) is 7.75. The van der Waals surface area contributed by atoms with Crippen LogP contribution in [0.2, 0.25) is 0 Å². The van der Waals surface area contributed by atoms with Crippen molar-refractivity contribution >= 4 is 0 Å². The Balaban J connectivity index is 2.69. The van der Waals surface area contributed by atoms with Crippen LogP contribution in [-0.4, -0.2) is 59.6 Å². The molecule has 0 radical (unpaired) electrons. The van der Waals surface area contributed by atoms with Crippen LogP contribution in [0.1, 0.15) is 6.92 Å². The minimum Gasteiger partial charge on any atom is -0.394 e. The lowest BCUT2D eigenvalue weighted by Crippen LogP contribution is -2.58. The Hall–Kier alpha value is -0.200. The van der Waals surface area contributed by atoms with Crippen molar-refractivity contribution in [3.63, 3.8) is 0 Å². The monoisotopic (exact) mass is 192 g/mol. The van der Waals surface area contributed by atoms with Gasteiger partial charge in [0.2, 0.25) is 0 Å². The van der Waals surface area contributed by atoms with Gasteiger partial charge < -0.3 is 24.8 Å². The predicted molar refractivity (Wildman–Crippen MR) is 44.2 cm³/mol. The van der Waals surface area contributed by atoms with Crippen molar-refractivity contribution in [1.82, 2.24) is 0 Å². The average molecular weight is 192 g/mol. The SMILES string of the molecule is CO[C@@H]1C(O)[C@H](C)OC(CO)[C@@H]1O. The third-order valence-corrected chi connectivity index (χ3v) is 2.38. The zero-order valence-electron chi connectivity index (χ0n) is 7.75. The molecule has 0 bridgehead atoms. The molecule has 1 fully saturated rings. The Bertz CT molecular complexity index is 163. The van der Waals surface area contributed by atoms with Crippen molar-refractivity contribution < 1.29 is 24.8 Å². The van der Waals surface area contributed by atoms with Crippen molar-refractivity contribution in [3.05, 3.63) is 0 Å². The van der Waals surface area contributed by atoms with Crippen LogP contribution in [0.5, 0.6) is 0 Å². The summed E-state index contributed by atoms with van der Waals surface area (Å²) in [6.07, 6.45) is -3.65. The Kier molecular flexibility index (Phi) is 3.63. The van der Waals surface area contributed by atoms with Crippen LogP contribution in [0, 0.1) is 0 Å². The molecule has 5 heteroatoms. The molecule has 0 aromatic carbocycles. The van der Waals surface area contributed by atoms with Gasteiger partial charge in [-0.2, -0.15) is 0 Å². The van der Waals surface area contributed by atoms with Crippen LogP contribution in [0.25, 0.3) is 0 Å². The van der Waals surface area contributed by atoms with E-state index >= 15 is 0 Å². The highest BCUT2D eigenvalue weighted by atomic mass is 16.6. The summed E-state index contributed by atoms with van der Waals surface area (Å²) in [6, 6.07) is 0. The van der Waals surface area contributed by atoms with E-state index < -0.39 is 30.5 Å². The van der Waals surface area contributed by atoms with E-state index in [-0.39, 0.29) is 6.61 Å². The second-order valence-electron chi connectivity index (χ2n) is 3.24. The van der Waals surface area contributed by atoms with E-state index in [1.54, 1.807) is 6.92 Å². The van der Waals surface area contributed by atoms with Crippen LogP contribution in [-0.2, 0) is 9.47 Å². The maximum Gasteiger partial charge on any atom is 0.114 e. The predicted octanol–water partition coefficient (Wildman–Crippen LogP) is -1.50. The van der Waals surface area contributed by atoms with Gasteiger partial charge in [0.1, 0.15) is 24.4 Å². The van der Waals surface area contributed by atoms with Gasteiger partial charge in [0.05, 0.1) is 12.7 Å². The smallest absolute Gasteiger partial charge is 0.114 e. The summed E-state index contributed by atoms with van der Waals surface area (Å²) in [5.41, 5.74) is 0. The summed E-state index contributed by atoms with van der Waals surface area (Å²) >= 11 is 0. The molecule has 78 valence electrons. The summed E-state index contributed by atoms with van der Waals surface area (Å²) in [7, 11) is 1.41. The molecule has 1 aliphatic heterocycles. The van der Waals surface area contributed by atoms with Crippen LogP contribution in [0.15, 0.2) is 0 Å². The van der Waals surface area contributed by atoms with Gasteiger partial charge in [-0.1, -0.05) is 0 Å². The molecule has 13 heavy (non-hydrogen) atoms. The Morgan fingerprint density at radius 3 is 2.38 bits per heavy atom. The fourth-order valence-corrected chi connectivity index (χ4v) is 1.55. The van der Waals surface area contributed by atoms with Gasteiger partial charge in [0, 0.05) is 7.11 Å². The molecule has 0 aromatic heterocycles. The third kappa shape index (κ3) is 2.00. The van der Waals surface area contributed by atoms with Gasteiger partial charge in [-0.15, -0.1) is 0 Å². The number of hydrogen-bond donors (Lipinski definition) is 3. The molecule has 0 aliphatic carbocycles. The number of rotatable bonds is 2. The van der Waals surface area contributed by atoms with E-state index in [1.807, 2.05) is 0 Å². The fraction of sp³-hybridized carbons (Fsp3) is 1.00. The largest absolute Gasteiger partial charge is 0.394 e. The first-order valence-corrected chi connectivity index (χ1v) is 4.27. The summed E-state index contributed by atoms with van der Waals surface area (Å²) in [6.45, 7) is 1.39. The van der Waals surface area contributed by atoms with Gasteiger partial charge >= 0.3 is 0 Å². The highest BCUT2D eigenvalue weighted by molar-refractivity contribution is 4.91. The van der Waals surface area contributed by atoms with Crippen molar-refractivity contribution in [1.29, 1.82) is 0 Å². The minimum absolute atomic E-state index is 0.280. The van der Waals surface area contributed by atoms with E-state index in [4.69, 9.17) is 14.6 Å². The second-order valence-corrected chi connectivity index (χ2v) is 3.24. The maximum absolute atomic E-state index is 9.55. The first kappa shape index (κ1) is 10.9. The van der Waals surface area contributed by atoms with E-state index in [2.05, 4.69) is 0 Å². The fourth-order valence-electron chi connectivity index (χ4n) is 1.55. The molecule has 0 saturated carbocycles. The molecule has 1 aliphatic rings. The maximum atomic E-state index is 9.55. The number of methoxy groups -OCH3 is 1. The van der Waals surface area contributed by atoms with Crippen molar-refractivity contribution in [3.8, 4) is 0 Å². The molecule has 0 spiro atoms. The number of hydrogen-bond acceptors (Lipinski definition) is 5. The topological polar surface area (TPSA) is 79.2 Å². The van der Waals surface area contributed by atoms with Crippen molar-refractivity contribution in [2.24, 2.45) is 0 Å². The van der Waals surface area contributed by atoms with Crippen LogP contribution >= 0.6 is 0 Å². The lowest BCUT2D eigenvalue weighted by molar-refractivity contribution is -0.231. The van der Waals surface area contributed by atoms with Crippen molar-refractivity contribution in [2.45, 2.75) is 37.4 Å². The highest BCUT2D eigenvalue weighted by Gasteiger charge is 2.42. The summed E-state index contributed by atoms with van der Waals surface area (Å²) in [5.74, 6) is 0. The Morgan fingerprint density at radius 1 is 1.31 bits per heavy atom.